The van der Waals surface area contributed by atoms with Crippen molar-refractivity contribution in [3.05, 3.63) is 226 Å². The number of aromatic nitrogens is 1. The summed E-state index contributed by atoms with van der Waals surface area (Å²) in [6, 6.07) is 50.2. The minimum Gasteiger partial charge on any atom is -0.350 e. The van der Waals surface area contributed by atoms with Crippen LogP contribution in [0.25, 0.3) is 56.5 Å². The van der Waals surface area contributed by atoms with Crippen molar-refractivity contribution >= 4 is 68.0 Å². The van der Waals surface area contributed by atoms with Gasteiger partial charge in [0, 0.05) is 45.1 Å². The molecule has 7 aromatic carbocycles. The van der Waals surface area contributed by atoms with Crippen LogP contribution in [0.15, 0.2) is 181 Å². The Morgan fingerprint density at radius 2 is 1.38 bits per heavy atom. The van der Waals surface area contributed by atoms with Crippen molar-refractivity contribution in [2.75, 3.05) is 4.90 Å². The summed E-state index contributed by atoms with van der Waals surface area (Å²) in [6.45, 7) is 0. The van der Waals surface area contributed by atoms with E-state index in [0.717, 1.165) is 49.9 Å². The highest BCUT2D eigenvalue weighted by molar-refractivity contribution is 6.09. The van der Waals surface area contributed by atoms with Gasteiger partial charge in [0.25, 0.3) is 0 Å². The third-order valence-corrected chi connectivity index (χ3v) is 15.2. The number of fused-ring (bicyclic) bond motifs is 11. The monoisotopic (exact) mass is 851 g/mol. The molecule has 2 aliphatic heterocycles. The Balaban J connectivity index is 0.963. The number of rotatable bonds is 5. The van der Waals surface area contributed by atoms with Crippen molar-refractivity contribution in [3.8, 4) is 5.69 Å². The summed E-state index contributed by atoms with van der Waals surface area (Å²) in [5, 5.41) is 13.3. The summed E-state index contributed by atoms with van der Waals surface area (Å²) in [5.41, 5.74) is 19.4. The fourth-order valence-corrected chi connectivity index (χ4v) is 12.1. The maximum Gasteiger partial charge on any atom is 0.131 e. The molecule has 66 heavy (non-hydrogen) atoms. The van der Waals surface area contributed by atoms with Gasteiger partial charge in [-0.3, -0.25) is 5.32 Å². The third-order valence-electron chi connectivity index (χ3n) is 15.2. The Bertz CT molecular complexity index is 3480. The molecule has 0 radical (unpaired) electrons. The summed E-state index contributed by atoms with van der Waals surface area (Å²) >= 11 is 0. The van der Waals surface area contributed by atoms with Gasteiger partial charge in [-0.2, -0.15) is 0 Å². The number of aliphatic imine (C=N–C) groups is 1. The van der Waals surface area contributed by atoms with E-state index in [1.807, 2.05) is 0 Å². The van der Waals surface area contributed by atoms with E-state index in [4.69, 9.17) is 4.99 Å². The molecule has 3 heterocycles. The number of nitrogens with zero attached hydrogens (tertiary/aromatic N) is 3. The molecule has 4 unspecified atom stereocenters. The predicted molar refractivity (Wildman–Crippen MR) is 275 cm³/mol. The van der Waals surface area contributed by atoms with Crippen LogP contribution in [-0.4, -0.2) is 16.6 Å². The molecule has 5 nitrogen and oxygen atoms in total. The molecule has 0 spiro atoms. The third kappa shape index (κ3) is 5.92. The predicted octanol–water partition coefficient (Wildman–Crippen LogP) is 13.8. The Morgan fingerprint density at radius 1 is 0.606 bits per heavy atom. The fourth-order valence-electron chi connectivity index (χ4n) is 12.1. The number of hydrogen-bond donors (Lipinski definition) is 2. The number of para-hydroxylation sites is 2. The maximum atomic E-state index is 5.64. The highest BCUT2D eigenvalue weighted by Crippen LogP contribution is 2.54. The average molecular weight is 852 g/mol. The zero-order valence-corrected chi connectivity index (χ0v) is 36.8. The molecule has 2 N–H and O–H groups in total. The van der Waals surface area contributed by atoms with Crippen LogP contribution in [0.1, 0.15) is 81.4 Å². The number of allylic oxidation sites excluding steroid dienone is 6. The van der Waals surface area contributed by atoms with Crippen LogP contribution in [0.4, 0.5) is 11.4 Å². The standard InChI is InChI=1S/C61H49N5/c1-2-16-38(17-3-1)59-62-60(64-61(63-59)53-34-42-21-6-8-22-45(42)47-24-10-11-25-48(47)53)43-32-41-20-7-9-23-46(41)56(36-43)66-57-35-40-19-5-4-18-39(40)33-52(57)51-31-30-44(37-58(51)66)65-54-28-14-12-26-49(54)50-27-13-15-29-55(50)65/h1-6,9-16,18-19,21,23-32,34-38,52,59,61,63H,7-8,17,20,22,33H2,(H,62,64). The minimum absolute atomic E-state index is 0.111. The first-order valence-electron chi connectivity index (χ1n) is 23.9. The first kappa shape index (κ1) is 37.9. The fraction of sp³-hybridized carbons (Fsp3) is 0.164. The largest absolute Gasteiger partial charge is 0.350 e. The lowest BCUT2D eigenvalue weighted by Crippen LogP contribution is -2.51. The van der Waals surface area contributed by atoms with Gasteiger partial charge in [0.15, 0.2) is 0 Å². The highest BCUT2D eigenvalue weighted by atomic mass is 15.3. The molecule has 0 saturated carbocycles. The van der Waals surface area contributed by atoms with Crippen LogP contribution in [-0.2, 0) is 19.3 Å². The van der Waals surface area contributed by atoms with Gasteiger partial charge in [-0.1, -0.05) is 140 Å². The van der Waals surface area contributed by atoms with Gasteiger partial charge in [0.05, 0.1) is 22.4 Å². The molecular formula is C61H49N5. The van der Waals surface area contributed by atoms with Crippen molar-refractivity contribution < 1.29 is 0 Å². The Morgan fingerprint density at radius 3 is 2.23 bits per heavy atom. The molecular weight excluding hydrogens is 803 g/mol. The Kier molecular flexibility index (Phi) is 8.63. The maximum absolute atomic E-state index is 5.64. The van der Waals surface area contributed by atoms with Gasteiger partial charge in [-0.25, -0.2) is 4.99 Å². The number of amidine groups is 1. The molecule has 14 rings (SSSR count). The van der Waals surface area contributed by atoms with Crippen molar-refractivity contribution in [3.63, 3.8) is 0 Å². The van der Waals surface area contributed by atoms with Crippen molar-refractivity contribution in [2.24, 2.45) is 10.9 Å². The van der Waals surface area contributed by atoms with Gasteiger partial charge in [0.2, 0.25) is 0 Å². The quantitative estimate of drug-likeness (QED) is 0.181. The lowest BCUT2D eigenvalue weighted by Gasteiger charge is -2.36. The van der Waals surface area contributed by atoms with Gasteiger partial charge in [-0.15, -0.1) is 0 Å². The number of hydrogen-bond acceptors (Lipinski definition) is 4. The van der Waals surface area contributed by atoms with Crippen LogP contribution >= 0.6 is 0 Å². The molecule has 318 valence electrons. The summed E-state index contributed by atoms with van der Waals surface area (Å²) in [7, 11) is 0. The number of anilines is 2. The Labute approximate surface area is 385 Å². The van der Waals surface area contributed by atoms with E-state index >= 15 is 0 Å². The van der Waals surface area contributed by atoms with Crippen LogP contribution < -0.4 is 15.5 Å². The van der Waals surface area contributed by atoms with Crippen molar-refractivity contribution in [1.82, 2.24) is 15.2 Å². The minimum atomic E-state index is -0.144. The molecule has 0 amide bonds. The van der Waals surface area contributed by atoms with Gasteiger partial charge < -0.3 is 14.8 Å². The SMILES string of the molecule is C1=CCC(C2N=C(c3cc4c(c(N5C6=Cc7ccccc7CC6c6ccc(-n7c8ccccc8c8ccccc87)cc65)c3)C=CCC4)NC(c3cc4c(c5ccccc35)CCC=C4)N2)C=C1. The summed E-state index contributed by atoms with van der Waals surface area (Å²) in [4.78, 5) is 8.26. The van der Waals surface area contributed by atoms with E-state index in [1.54, 1.807) is 0 Å². The second-order valence-electron chi connectivity index (χ2n) is 18.9. The molecule has 0 bridgehead atoms. The zero-order valence-electron chi connectivity index (χ0n) is 36.8. The molecule has 4 atom stereocenters. The van der Waals surface area contributed by atoms with Crippen LogP contribution in [0.2, 0.25) is 0 Å². The van der Waals surface area contributed by atoms with Crippen LogP contribution in [0.5, 0.6) is 0 Å². The number of nitrogens with one attached hydrogen (secondary N) is 2. The second-order valence-corrected chi connectivity index (χ2v) is 18.9. The first-order valence-corrected chi connectivity index (χ1v) is 23.9. The lowest BCUT2D eigenvalue weighted by molar-refractivity contribution is 0.340. The first-order chi connectivity index (χ1) is 32.7. The highest BCUT2D eigenvalue weighted by Gasteiger charge is 2.39. The number of aryl methyl sites for hydroxylation is 2. The van der Waals surface area contributed by atoms with Crippen LogP contribution in [0.3, 0.4) is 0 Å². The average Bonchev–Trinajstić information content (AvgIpc) is 3.89. The smallest absolute Gasteiger partial charge is 0.131 e. The molecule has 6 aliphatic rings. The lowest BCUT2D eigenvalue weighted by atomic mass is 9.84. The van der Waals surface area contributed by atoms with E-state index in [2.05, 4.69) is 208 Å². The normalized spacial score (nSPS) is 21.2. The van der Waals surface area contributed by atoms with Crippen molar-refractivity contribution in [1.29, 1.82) is 0 Å². The molecule has 8 aromatic rings. The van der Waals surface area contributed by atoms with Gasteiger partial charge in [-0.05, 0) is 137 Å². The molecule has 4 aliphatic carbocycles. The molecule has 1 aromatic heterocycles. The van der Waals surface area contributed by atoms with E-state index < -0.39 is 0 Å². The van der Waals surface area contributed by atoms with Crippen LogP contribution in [0, 0.1) is 5.92 Å². The molecule has 5 heteroatoms. The molecule has 0 saturated heterocycles. The molecule has 0 fully saturated rings. The van der Waals surface area contributed by atoms with E-state index in [-0.39, 0.29) is 24.2 Å². The van der Waals surface area contributed by atoms with Crippen molar-refractivity contribution in [2.45, 2.75) is 56.8 Å². The zero-order chi connectivity index (χ0) is 43.3. The number of benzene rings is 7. The van der Waals surface area contributed by atoms with Gasteiger partial charge in [0.1, 0.15) is 18.2 Å². The summed E-state index contributed by atoms with van der Waals surface area (Å²) < 4.78 is 2.46. The summed E-state index contributed by atoms with van der Waals surface area (Å²) in [6.07, 6.45) is 26.7. The Hall–Kier alpha value is -7.47. The topological polar surface area (TPSA) is 44.6 Å². The van der Waals surface area contributed by atoms with Gasteiger partial charge >= 0.3 is 0 Å². The van der Waals surface area contributed by atoms with E-state index in [1.165, 1.54) is 99.8 Å². The van der Waals surface area contributed by atoms with E-state index in [9.17, 15) is 0 Å². The summed E-state index contributed by atoms with van der Waals surface area (Å²) in [5.74, 6) is 1.41. The van der Waals surface area contributed by atoms with E-state index in [0.29, 0.717) is 0 Å². The second kappa shape index (κ2) is 15.0.